The molecule has 2 aromatic carbocycles. The van der Waals surface area contributed by atoms with Gasteiger partial charge in [0.1, 0.15) is 17.6 Å². The van der Waals surface area contributed by atoms with Crippen molar-refractivity contribution >= 4 is 35.7 Å². The van der Waals surface area contributed by atoms with Gasteiger partial charge in [-0.25, -0.2) is 9.59 Å². The quantitative estimate of drug-likeness (QED) is 0.125. The molecule has 10 nitrogen and oxygen atoms in total. The fourth-order valence-electron chi connectivity index (χ4n) is 2.95. The van der Waals surface area contributed by atoms with E-state index in [0.717, 1.165) is 0 Å². The second-order valence-corrected chi connectivity index (χ2v) is 7.56. The molecule has 6 N–H and O–H groups in total. The molecule has 0 aliphatic carbocycles. The predicted molar refractivity (Wildman–Crippen MR) is 130 cm³/mol. The van der Waals surface area contributed by atoms with Gasteiger partial charge in [-0.1, -0.05) is 12.1 Å². The molecule has 0 radical (unpaired) electrons. The summed E-state index contributed by atoms with van der Waals surface area (Å²) >= 11 is 0. The zero-order valence-corrected chi connectivity index (χ0v) is 19.5. The van der Waals surface area contributed by atoms with E-state index in [-0.39, 0.29) is 25.3 Å². The molecule has 0 heterocycles. The lowest BCUT2D eigenvalue weighted by Crippen LogP contribution is -2.42. The molecule has 2 rings (SSSR count). The van der Waals surface area contributed by atoms with Gasteiger partial charge in [-0.15, -0.1) is 0 Å². The molecular weight excluding hydrogens is 452 g/mol. The van der Waals surface area contributed by atoms with Crippen LogP contribution in [0.15, 0.2) is 54.1 Å². The van der Waals surface area contributed by atoms with E-state index in [1.807, 2.05) is 0 Å². The fraction of sp³-hybridized carbons (Fsp3) is 0.240. The molecular formula is C25H28N4O6. The van der Waals surface area contributed by atoms with Crippen LogP contribution in [0.25, 0.3) is 6.08 Å². The van der Waals surface area contributed by atoms with Crippen molar-refractivity contribution in [3.63, 3.8) is 0 Å². The molecule has 0 unspecified atom stereocenters. The van der Waals surface area contributed by atoms with Gasteiger partial charge in [0.25, 0.3) is 0 Å². The second-order valence-electron chi connectivity index (χ2n) is 7.56. The summed E-state index contributed by atoms with van der Waals surface area (Å²) in [4.78, 5) is 48.1. The smallest absolute Gasteiger partial charge is 0.343 e. The molecule has 0 aliphatic rings. The Labute approximate surface area is 202 Å². The number of carbonyl (C=O) groups is 4. The topological polar surface area (TPSA) is 175 Å². The van der Waals surface area contributed by atoms with Gasteiger partial charge in [0.05, 0.1) is 12.2 Å². The Bertz CT molecular complexity index is 1120. The van der Waals surface area contributed by atoms with Crippen molar-refractivity contribution in [1.29, 1.82) is 5.41 Å². The summed E-state index contributed by atoms with van der Waals surface area (Å²) in [6.07, 6.45) is 1.54. The number of hydrogen-bond acceptors (Lipinski definition) is 7. The number of hydrogen-bond donors (Lipinski definition) is 4. The third kappa shape index (κ3) is 8.43. The van der Waals surface area contributed by atoms with Crippen molar-refractivity contribution in [2.45, 2.75) is 32.7 Å². The molecule has 0 fully saturated rings. The number of amidine groups is 1. The van der Waals surface area contributed by atoms with Crippen LogP contribution in [0, 0.1) is 5.41 Å². The summed E-state index contributed by atoms with van der Waals surface area (Å²) in [5, 5.41) is 9.94. The van der Waals surface area contributed by atoms with E-state index in [0.29, 0.717) is 28.0 Å². The first-order valence-electron chi connectivity index (χ1n) is 10.8. The fourth-order valence-corrected chi connectivity index (χ4v) is 2.95. The van der Waals surface area contributed by atoms with E-state index in [4.69, 9.17) is 26.4 Å². The SMILES string of the molecule is CCOC(=O)[C@H](CCC(N)=O)NC(=O)/C(C)=C/c1ccc(C(=O)Oc2ccc(C(=N)N)cc2)cc1. The highest BCUT2D eigenvalue weighted by Gasteiger charge is 2.23. The van der Waals surface area contributed by atoms with Gasteiger partial charge in [0.2, 0.25) is 11.8 Å². The van der Waals surface area contributed by atoms with E-state index in [2.05, 4.69) is 5.32 Å². The third-order valence-corrected chi connectivity index (χ3v) is 4.82. The maximum Gasteiger partial charge on any atom is 0.343 e. The Morgan fingerprint density at radius 2 is 1.60 bits per heavy atom. The minimum atomic E-state index is -1.00. The van der Waals surface area contributed by atoms with Gasteiger partial charge in [-0.3, -0.25) is 15.0 Å². The van der Waals surface area contributed by atoms with Crippen LogP contribution < -0.4 is 21.5 Å². The number of primary amides is 1. The largest absolute Gasteiger partial charge is 0.464 e. The Balaban J connectivity index is 2.03. The summed E-state index contributed by atoms with van der Waals surface area (Å²) in [6.45, 7) is 3.34. The molecule has 0 aliphatic heterocycles. The highest BCUT2D eigenvalue weighted by molar-refractivity contribution is 5.99. The van der Waals surface area contributed by atoms with Crippen molar-refractivity contribution < 1.29 is 28.7 Å². The van der Waals surface area contributed by atoms with Crippen molar-refractivity contribution in [3.8, 4) is 5.75 Å². The Morgan fingerprint density at radius 3 is 2.14 bits per heavy atom. The highest BCUT2D eigenvalue weighted by Crippen LogP contribution is 2.16. The van der Waals surface area contributed by atoms with Gasteiger partial charge >= 0.3 is 11.9 Å². The first-order chi connectivity index (χ1) is 16.6. The first kappa shape index (κ1) is 26.8. The normalized spacial score (nSPS) is 11.8. The summed E-state index contributed by atoms with van der Waals surface area (Å²) < 4.78 is 10.3. The average molecular weight is 481 g/mol. The number of amides is 2. The highest BCUT2D eigenvalue weighted by atomic mass is 16.5. The summed E-state index contributed by atoms with van der Waals surface area (Å²) in [5.41, 5.74) is 12.3. The Hall–Kier alpha value is -4.47. The van der Waals surface area contributed by atoms with Gasteiger partial charge < -0.3 is 26.3 Å². The van der Waals surface area contributed by atoms with Crippen LogP contribution >= 0.6 is 0 Å². The van der Waals surface area contributed by atoms with Crippen molar-refractivity contribution in [2.75, 3.05) is 6.61 Å². The standard InChI is InChI=1S/C25H28N4O6/c1-3-34-25(33)20(12-13-21(26)30)29-23(31)15(2)14-16-4-6-18(7-5-16)24(32)35-19-10-8-17(9-11-19)22(27)28/h4-11,14,20H,3,12-13H2,1-2H3,(H2,26,30)(H3,27,28)(H,29,31)/b15-14+/t20-/m0/s1. The second kappa shape index (κ2) is 12.7. The summed E-state index contributed by atoms with van der Waals surface area (Å²) in [5.74, 6) is -2.09. The monoisotopic (exact) mass is 480 g/mol. The average Bonchev–Trinajstić information content (AvgIpc) is 2.82. The number of carbonyl (C=O) groups excluding carboxylic acids is 4. The van der Waals surface area contributed by atoms with E-state index in [1.165, 1.54) is 0 Å². The molecule has 0 bridgehead atoms. The lowest BCUT2D eigenvalue weighted by molar-refractivity contribution is -0.147. The number of esters is 2. The molecule has 35 heavy (non-hydrogen) atoms. The van der Waals surface area contributed by atoms with Crippen LogP contribution in [-0.4, -0.2) is 42.2 Å². The minimum Gasteiger partial charge on any atom is -0.464 e. The summed E-state index contributed by atoms with van der Waals surface area (Å²) in [6, 6.07) is 11.6. The van der Waals surface area contributed by atoms with Crippen molar-refractivity contribution in [1.82, 2.24) is 5.32 Å². The van der Waals surface area contributed by atoms with Crippen LogP contribution in [0.1, 0.15) is 48.2 Å². The van der Waals surface area contributed by atoms with E-state index < -0.39 is 29.8 Å². The number of nitrogen functional groups attached to an aromatic ring is 1. The molecule has 10 heteroatoms. The molecule has 0 aromatic heterocycles. The van der Waals surface area contributed by atoms with Crippen LogP contribution in [0.5, 0.6) is 5.75 Å². The number of nitrogens with one attached hydrogen (secondary N) is 2. The van der Waals surface area contributed by atoms with E-state index in [9.17, 15) is 19.2 Å². The maximum atomic E-state index is 12.6. The number of ether oxygens (including phenoxy) is 2. The van der Waals surface area contributed by atoms with Crippen LogP contribution in [0.3, 0.4) is 0 Å². The van der Waals surface area contributed by atoms with Crippen molar-refractivity contribution in [3.05, 3.63) is 70.8 Å². The van der Waals surface area contributed by atoms with Gasteiger partial charge in [-0.2, -0.15) is 0 Å². The van der Waals surface area contributed by atoms with E-state index in [1.54, 1.807) is 68.5 Å². The van der Waals surface area contributed by atoms with Crippen LogP contribution in [0.4, 0.5) is 0 Å². The van der Waals surface area contributed by atoms with Gasteiger partial charge in [0.15, 0.2) is 0 Å². The lowest BCUT2D eigenvalue weighted by Gasteiger charge is -2.17. The molecule has 0 saturated heterocycles. The van der Waals surface area contributed by atoms with E-state index >= 15 is 0 Å². The van der Waals surface area contributed by atoms with Crippen LogP contribution in [0.2, 0.25) is 0 Å². The van der Waals surface area contributed by atoms with Gasteiger partial charge in [0, 0.05) is 17.6 Å². The zero-order chi connectivity index (χ0) is 26.0. The Morgan fingerprint density at radius 1 is 1.00 bits per heavy atom. The molecule has 2 aromatic rings. The molecule has 184 valence electrons. The van der Waals surface area contributed by atoms with Crippen LogP contribution in [-0.2, 0) is 19.1 Å². The number of benzene rings is 2. The molecule has 2 amide bonds. The molecule has 1 atom stereocenters. The van der Waals surface area contributed by atoms with Gasteiger partial charge in [-0.05, 0) is 68.3 Å². The third-order valence-electron chi connectivity index (χ3n) is 4.82. The predicted octanol–water partition coefficient (Wildman–Crippen LogP) is 1.91. The maximum absolute atomic E-state index is 12.6. The van der Waals surface area contributed by atoms with Crippen molar-refractivity contribution in [2.24, 2.45) is 11.5 Å². The molecule has 0 saturated carbocycles. The summed E-state index contributed by atoms with van der Waals surface area (Å²) in [7, 11) is 0. The lowest BCUT2D eigenvalue weighted by atomic mass is 10.1. The number of rotatable bonds is 11. The minimum absolute atomic E-state index is 0.0292. The Kier molecular flexibility index (Phi) is 9.71. The first-order valence-corrected chi connectivity index (χ1v) is 10.8. The zero-order valence-electron chi connectivity index (χ0n) is 19.5. The number of nitrogens with two attached hydrogens (primary N) is 2. The molecule has 0 spiro atoms.